The van der Waals surface area contributed by atoms with Crippen LogP contribution in [0.25, 0.3) is 0 Å². The number of nitrogens with zero attached hydrogens (tertiary/aromatic N) is 1. The second kappa shape index (κ2) is 7.09. The Balaban J connectivity index is 1.48. The van der Waals surface area contributed by atoms with Gasteiger partial charge in [-0.2, -0.15) is 12.6 Å². The lowest BCUT2D eigenvalue weighted by Gasteiger charge is -2.32. The van der Waals surface area contributed by atoms with Crippen LogP contribution >= 0.6 is 12.6 Å². The van der Waals surface area contributed by atoms with Crippen molar-refractivity contribution in [3.05, 3.63) is 34.9 Å². The van der Waals surface area contributed by atoms with Crippen LogP contribution in [-0.2, 0) is 22.6 Å². The number of nitrogens with one attached hydrogen (secondary N) is 2. The number of carbonyl (C=O) groups excluding carboxylic acids is 2. The Morgan fingerprint density at radius 2 is 1.96 bits per heavy atom. The third kappa shape index (κ3) is 3.48. The number of imide groups is 1. The molecule has 0 aromatic heterocycles. The van der Waals surface area contributed by atoms with Crippen LogP contribution in [0.1, 0.15) is 47.7 Å². The fourth-order valence-corrected chi connectivity index (χ4v) is 4.83. The van der Waals surface area contributed by atoms with Crippen molar-refractivity contribution in [2.24, 2.45) is 5.92 Å². The van der Waals surface area contributed by atoms with Gasteiger partial charge in [0.1, 0.15) is 0 Å². The van der Waals surface area contributed by atoms with Gasteiger partial charge in [-0.1, -0.05) is 18.2 Å². The molecule has 0 bridgehead atoms. The summed E-state index contributed by atoms with van der Waals surface area (Å²) in [4.78, 5) is 25.7. The summed E-state index contributed by atoms with van der Waals surface area (Å²) >= 11 is 4.76. The molecule has 25 heavy (non-hydrogen) atoms. The van der Waals surface area contributed by atoms with E-state index in [1.165, 1.54) is 29.5 Å². The molecule has 1 aromatic rings. The van der Waals surface area contributed by atoms with Crippen molar-refractivity contribution in [3.63, 3.8) is 0 Å². The summed E-state index contributed by atoms with van der Waals surface area (Å²) in [5, 5.41) is 5.80. The molecular weight excluding hydrogens is 334 g/mol. The van der Waals surface area contributed by atoms with Crippen molar-refractivity contribution >= 4 is 24.4 Å². The molecule has 1 aromatic carbocycles. The minimum Gasteiger partial charge on any atom is -0.317 e. The molecule has 2 N–H and O–H groups in total. The lowest BCUT2D eigenvalue weighted by molar-refractivity contribution is -0.137. The molecule has 2 saturated heterocycles. The van der Waals surface area contributed by atoms with E-state index in [0.29, 0.717) is 12.8 Å². The summed E-state index contributed by atoms with van der Waals surface area (Å²) in [5.74, 6) is 0.412. The summed E-state index contributed by atoms with van der Waals surface area (Å²) in [7, 11) is 0. The average Bonchev–Trinajstić information content (AvgIpc) is 2.92. The molecule has 134 valence electrons. The molecule has 2 unspecified atom stereocenters. The molecule has 5 nitrogen and oxygen atoms in total. The first kappa shape index (κ1) is 17.1. The fraction of sp³-hybridized carbons (Fsp3) is 0.579. The number of rotatable bonds is 3. The van der Waals surface area contributed by atoms with Gasteiger partial charge in [-0.25, -0.2) is 0 Å². The SMILES string of the molecule is O=C1CCC(N2Cc3cc(CC4CCNCC4)ccc3C2S)C(=O)N1. The fourth-order valence-electron chi connectivity index (χ4n) is 4.34. The van der Waals surface area contributed by atoms with Gasteiger partial charge in [-0.15, -0.1) is 0 Å². The Hall–Kier alpha value is -1.37. The molecule has 3 heterocycles. The average molecular weight is 359 g/mol. The van der Waals surface area contributed by atoms with E-state index in [9.17, 15) is 9.59 Å². The maximum absolute atomic E-state index is 12.2. The van der Waals surface area contributed by atoms with Gasteiger partial charge in [-0.05, 0) is 61.4 Å². The summed E-state index contributed by atoms with van der Waals surface area (Å²) in [5.41, 5.74) is 3.86. The topological polar surface area (TPSA) is 61.4 Å². The molecule has 0 aliphatic carbocycles. The van der Waals surface area contributed by atoms with Crippen LogP contribution in [0, 0.1) is 5.92 Å². The Morgan fingerprint density at radius 1 is 1.16 bits per heavy atom. The standard InChI is InChI=1S/C19H25N3O2S/c23-17-4-3-16(18(24)21-17)22-11-14-10-13(1-2-15(14)19(22)25)9-12-5-7-20-8-6-12/h1-2,10,12,16,19-20,25H,3-9,11H2,(H,21,23,24). The number of piperidine rings is 2. The lowest BCUT2D eigenvalue weighted by atomic mass is 9.90. The van der Waals surface area contributed by atoms with Crippen molar-refractivity contribution in [2.75, 3.05) is 13.1 Å². The predicted molar refractivity (Wildman–Crippen MR) is 99.2 cm³/mol. The van der Waals surface area contributed by atoms with Gasteiger partial charge in [0.2, 0.25) is 11.8 Å². The minimum atomic E-state index is -0.263. The molecule has 4 rings (SSSR count). The minimum absolute atomic E-state index is 0.0770. The van der Waals surface area contributed by atoms with Gasteiger partial charge in [0.25, 0.3) is 0 Å². The Morgan fingerprint density at radius 3 is 2.72 bits per heavy atom. The quantitative estimate of drug-likeness (QED) is 0.569. The molecule has 0 saturated carbocycles. The highest BCUT2D eigenvalue weighted by Gasteiger charge is 2.39. The zero-order chi connectivity index (χ0) is 17.4. The Kier molecular flexibility index (Phi) is 4.84. The van der Waals surface area contributed by atoms with Crippen molar-refractivity contribution in [1.82, 2.24) is 15.5 Å². The lowest BCUT2D eigenvalue weighted by Crippen LogP contribution is -2.51. The predicted octanol–water partition coefficient (Wildman–Crippen LogP) is 1.78. The smallest absolute Gasteiger partial charge is 0.243 e. The number of thiol groups is 1. The first-order valence-electron chi connectivity index (χ1n) is 9.22. The third-order valence-electron chi connectivity index (χ3n) is 5.75. The summed E-state index contributed by atoms with van der Waals surface area (Å²) in [6.45, 7) is 2.98. The van der Waals surface area contributed by atoms with E-state index >= 15 is 0 Å². The van der Waals surface area contributed by atoms with Crippen LogP contribution < -0.4 is 10.6 Å². The van der Waals surface area contributed by atoms with Crippen molar-refractivity contribution < 1.29 is 9.59 Å². The normalized spacial score (nSPS) is 28.0. The van der Waals surface area contributed by atoms with E-state index in [4.69, 9.17) is 12.6 Å². The van der Waals surface area contributed by atoms with Gasteiger partial charge >= 0.3 is 0 Å². The number of carbonyl (C=O) groups is 2. The second-order valence-electron chi connectivity index (χ2n) is 7.44. The van der Waals surface area contributed by atoms with Gasteiger partial charge in [-0.3, -0.25) is 19.8 Å². The highest BCUT2D eigenvalue weighted by Crippen LogP contribution is 2.39. The maximum atomic E-state index is 12.2. The molecule has 2 amide bonds. The maximum Gasteiger partial charge on any atom is 0.243 e. The van der Waals surface area contributed by atoms with Crippen LogP contribution in [-0.4, -0.2) is 35.8 Å². The highest BCUT2D eigenvalue weighted by atomic mass is 32.1. The molecule has 6 heteroatoms. The van der Waals surface area contributed by atoms with Crippen LogP contribution in [0.2, 0.25) is 0 Å². The van der Waals surface area contributed by atoms with E-state index in [2.05, 4.69) is 33.7 Å². The van der Waals surface area contributed by atoms with E-state index < -0.39 is 0 Å². The van der Waals surface area contributed by atoms with Crippen LogP contribution in [0.3, 0.4) is 0 Å². The summed E-state index contributed by atoms with van der Waals surface area (Å²) in [6.07, 6.45) is 4.61. The van der Waals surface area contributed by atoms with E-state index in [0.717, 1.165) is 32.0 Å². The molecule has 3 aliphatic heterocycles. The number of amides is 2. The molecule has 0 spiro atoms. The second-order valence-corrected chi connectivity index (χ2v) is 7.93. The first-order valence-corrected chi connectivity index (χ1v) is 9.73. The Bertz CT molecular complexity index is 687. The van der Waals surface area contributed by atoms with Crippen molar-refractivity contribution in [2.45, 2.75) is 50.1 Å². The monoisotopic (exact) mass is 359 g/mol. The highest BCUT2D eigenvalue weighted by molar-refractivity contribution is 7.80. The van der Waals surface area contributed by atoms with Crippen molar-refractivity contribution in [3.8, 4) is 0 Å². The number of hydrogen-bond acceptors (Lipinski definition) is 5. The largest absolute Gasteiger partial charge is 0.317 e. The zero-order valence-electron chi connectivity index (χ0n) is 14.3. The number of benzene rings is 1. The number of fused-ring (bicyclic) bond motifs is 1. The van der Waals surface area contributed by atoms with E-state index in [1.54, 1.807) is 0 Å². The molecular formula is C19H25N3O2S. The van der Waals surface area contributed by atoms with Crippen molar-refractivity contribution in [1.29, 1.82) is 0 Å². The third-order valence-corrected chi connectivity index (χ3v) is 6.32. The molecule has 2 atom stereocenters. The first-order chi connectivity index (χ1) is 12.1. The van der Waals surface area contributed by atoms with E-state index in [1.807, 2.05) is 0 Å². The van der Waals surface area contributed by atoms with Gasteiger partial charge in [0, 0.05) is 13.0 Å². The zero-order valence-corrected chi connectivity index (χ0v) is 15.2. The number of hydrogen-bond donors (Lipinski definition) is 3. The van der Waals surface area contributed by atoms with Crippen LogP contribution in [0.15, 0.2) is 18.2 Å². The van der Waals surface area contributed by atoms with Gasteiger partial charge < -0.3 is 5.32 Å². The summed E-state index contributed by atoms with van der Waals surface area (Å²) < 4.78 is 0. The Labute approximate surface area is 153 Å². The molecule has 3 aliphatic rings. The van der Waals surface area contributed by atoms with Crippen LogP contribution in [0.5, 0.6) is 0 Å². The van der Waals surface area contributed by atoms with Crippen LogP contribution in [0.4, 0.5) is 0 Å². The van der Waals surface area contributed by atoms with Gasteiger partial charge in [0.15, 0.2) is 0 Å². The van der Waals surface area contributed by atoms with E-state index in [-0.39, 0.29) is 23.2 Å². The summed E-state index contributed by atoms with van der Waals surface area (Å²) in [6, 6.07) is 6.43. The molecule has 0 radical (unpaired) electrons. The van der Waals surface area contributed by atoms with Gasteiger partial charge in [0.05, 0.1) is 11.4 Å². The molecule has 2 fully saturated rings.